The predicted molar refractivity (Wildman–Crippen MR) is 73.7 cm³/mol. The lowest BCUT2D eigenvalue weighted by molar-refractivity contribution is 0.635. The molecule has 0 amide bonds. The maximum absolute atomic E-state index is 3.72. The quantitative estimate of drug-likeness (QED) is 0.710. The van der Waals surface area contributed by atoms with Crippen LogP contribution in [0.15, 0.2) is 10.8 Å². The molecule has 14 heavy (non-hydrogen) atoms. The molecule has 0 bridgehead atoms. The number of rotatable bonds is 5. The fourth-order valence-corrected chi connectivity index (χ4v) is 3.63. The first-order valence-electron chi connectivity index (χ1n) is 5.65. The molecule has 1 N–H and O–H groups in total. The minimum absolute atomic E-state index is 0.762. The Bertz CT molecular complexity index is 200. The summed E-state index contributed by atoms with van der Waals surface area (Å²) in [5.74, 6) is 0. The molecule has 0 radical (unpaired) electrons. The highest BCUT2D eigenvalue weighted by molar-refractivity contribution is 6.77. The summed E-state index contributed by atoms with van der Waals surface area (Å²) in [6.07, 6.45) is 1.27. The fourth-order valence-electron chi connectivity index (χ4n) is 1.52. The first kappa shape index (κ1) is 14.1. The van der Waals surface area contributed by atoms with Crippen LogP contribution >= 0.6 is 0 Å². The molecule has 0 spiro atoms. The van der Waals surface area contributed by atoms with Crippen LogP contribution in [0.4, 0.5) is 0 Å². The molecule has 0 aliphatic heterocycles. The van der Waals surface area contributed by atoms with Crippen molar-refractivity contribution in [2.24, 2.45) is 0 Å². The number of nitrogens with one attached hydrogen (secondary N) is 1. The van der Waals surface area contributed by atoms with Crippen molar-refractivity contribution in [3.63, 3.8) is 0 Å². The summed E-state index contributed by atoms with van der Waals surface area (Å²) < 4.78 is 0. The molecule has 3 heteroatoms. The highest BCUT2D eigenvalue weighted by atomic mass is 28.3. The zero-order valence-corrected chi connectivity index (χ0v) is 14.0. The lowest BCUT2D eigenvalue weighted by Gasteiger charge is -2.29. The van der Waals surface area contributed by atoms with E-state index in [9.17, 15) is 0 Å². The van der Waals surface area contributed by atoms with Crippen molar-refractivity contribution >= 4 is 18.3 Å². The molecular formula is C11H27NSi2. The third kappa shape index (κ3) is 5.12. The molecule has 0 aromatic heterocycles. The Morgan fingerprint density at radius 2 is 1.79 bits per heavy atom. The number of hydrogen-bond donors (Lipinski definition) is 1. The predicted octanol–water partition coefficient (Wildman–Crippen LogP) is 1.89. The minimum atomic E-state index is -1.01. The van der Waals surface area contributed by atoms with Crippen LogP contribution < -0.4 is 5.32 Å². The van der Waals surface area contributed by atoms with E-state index in [-0.39, 0.29) is 0 Å². The summed E-state index contributed by atoms with van der Waals surface area (Å²) in [4.78, 5) is 0. The minimum Gasteiger partial charge on any atom is -0.313 e. The van der Waals surface area contributed by atoms with Crippen molar-refractivity contribution in [2.75, 3.05) is 6.54 Å². The van der Waals surface area contributed by atoms with Gasteiger partial charge in [-0.15, -0.1) is 0 Å². The Hall–Kier alpha value is 0.134. The molecule has 0 aromatic carbocycles. The maximum Gasteiger partial charge on any atom is 0.0635 e. The van der Waals surface area contributed by atoms with Gasteiger partial charge < -0.3 is 5.32 Å². The van der Waals surface area contributed by atoms with Crippen LogP contribution in [-0.2, 0) is 0 Å². The average Bonchev–Trinajstić information content (AvgIpc) is 2.02. The second-order valence-corrected chi connectivity index (χ2v) is 12.4. The van der Waals surface area contributed by atoms with E-state index in [1.54, 1.807) is 10.8 Å². The SMILES string of the molecule is CCC(NCC(C)=C(C)[SiH3])[Si](C)(C)C. The van der Waals surface area contributed by atoms with E-state index in [0.717, 1.165) is 12.2 Å². The van der Waals surface area contributed by atoms with Gasteiger partial charge in [0, 0.05) is 16.8 Å². The van der Waals surface area contributed by atoms with Gasteiger partial charge in [0.05, 0.1) is 8.07 Å². The van der Waals surface area contributed by atoms with Gasteiger partial charge in [-0.2, -0.15) is 0 Å². The molecular weight excluding hydrogens is 202 g/mol. The zero-order chi connectivity index (χ0) is 11.4. The van der Waals surface area contributed by atoms with Crippen molar-refractivity contribution < 1.29 is 0 Å². The maximum atomic E-state index is 3.72. The molecule has 84 valence electrons. The van der Waals surface area contributed by atoms with Crippen LogP contribution in [0.25, 0.3) is 0 Å². The third-order valence-corrected chi connectivity index (χ3v) is 6.48. The zero-order valence-electron chi connectivity index (χ0n) is 11.0. The van der Waals surface area contributed by atoms with E-state index in [4.69, 9.17) is 0 Å². The Morgan fingerprint density at radius 1 is 1.29 bits per heavy atom. The summed E-state index contributed by atoms with van der Waals surface area (Å²) in [5, 5.41) is 5.30. The Labute approximate surface area is 93.8 Å². The van der Waals surface area contributed by atoms with Crippen molar-refractivity contribution in [2.45, 2.75) is 52.5 Å². The van der Waals surface area contributed by atoms with Gasteiger partial charge in [0.25, 0.3) is 0 Å². The molecule has 1 nitrogen and oxygen atoms in total. The van der Waals surface area contributed by atoms with Gasteiger partial charge in [0.15, 0.2) is 0 Å². The highest BCUT2D eigenvalue weighted by Gasteiger charge is 2.24. The molecule has 0 aromatic rings. The van der Waals surface area contributed by atoms with Crippen molar-refractivity contribution in [3.8, 4) is 0 Å². The van der Waals surface area contributed by atoms with Gasteiger partial charge in [0.1, 0.15) is 0 Å². The van der Waals surface area contributed by atoms with Crippen LogP contribution in [0.3, 0.4) is 0 Å². The Kier molecular flexibility index (Phi) is 5.94. The van der Waals surface area contributed by atoms with Gasteiger partial charge in [-0.25, -0.2) is 0 Å². The van der Waals surface area contributed by atoms with Gasteiger partial charge in [-0.1, -0.05) is 37.3 Å². The van der Waals surface area contributed by atoms with E-state index >= 15 is 0 Å². The third-order valence-electron chi connectivity index (χ3n) is 2.92. The molecule has 1 unspecified atom stereocenters. The van der Waals surface area contributed by atoms with Crippen LogP contribution in [0, 0.1) is 0 Å². The van der Waals surface area contributed by atoms with E-state index < -0.39 is 8.07 Å². The first-order valence-corrected chi connectivity index (χ1v) is 10.2. The van der Waals surface area contributed by atoms with E-state index in [1.807, 2.05) is 0 Å². The summed E-state index contributed by atoms with van der Waals surface area (Å²) in [5.41, 5.74) is 2.31. The van der Waals surface area contributed by atoms with Crippen LogP contribution in [0.1, 0.15) is 27.2 Å². The number of allylic oxidation sites excluding steroid dienone is 1. The lowest BCUT2D eigenvalue weighted by Crippen LogP contribution is -2.48. The van der Waals surface area contributed by atoms with Gasteiger partial charge in [-0.3, -0.25) is 0 Å². The second kappa shape index (κ2) is 5.88. The smallest absolute Gasteiger partial charge is 0.0635 e. The highest BCUT2D eigenvalue weighted by Crippen LogP contribution is 2.11. The molecule has 0 heterocycles. The van der Waals surface area contributed by atoms with Gasteiger partial charge >= 0.3 is 0 Å². The largest absolute Gasteiger partial charge is 0.313 e. The molecule has 0 aliphatic carbocycles. The molecule has 0 rings (SSSR count). The lowest BCUT2D eigenvalue weighted by atomic mass is 10.3. The van der Waals surface area contributed by atoms with Crippen LogP contribution in [0.5, 0.6) is 0 Å². The van der Waals surface area contributed by atoms with E-state index in [0.29, 0.717) is 0 Å². The van der Waals surface area contributed by atoms with Crippen molar-refractivity contribution in [1.82, 2.24) is 5.32 Å². The van der Waals surface area contributed by atoms with Crippen LogP contribution in [-0.4, -0.2) is 30.5 Å². The van der Waals surface area contributed by atoms with Gasteiger partial charge in [-0.05, 0) is 25.9 Å². The molecule has 0 fully saturated rings. The van der Waals surface area contributed by atoms with Crippen molar-refractivity contribution in [1.29, 1.82) is 0 Å². The monoisotopic (exact) mass is 229 g/mol. The summed E-state index contributed by atoms with van der Waals surface area (Å²) in [6, 6.07) is 0. The summed E-state index contributed by atoms with van der Waals surface area (Å²) in [6.45, 7) is 15.2. The normalized spacial score (nSPS) is 16.7. The van der Waals surface area contributed by atoms with E-state index in [2.05, 4.69) is 45.7 Å². The average molecular weight is 230 g/mol. The Balaban J connectivity index is 4.17. The summed E-state index contributed by atoms with van der Waals surface area (Å²) >= 11 is 0. The fraction of sp³-hybridized carbons (Fsp3) is 0.818. The standard InChI is InChI=1S/C11H27NSi2/c1-7-11(14(4,5)6)12-8-9(2)10(3)13/h11-12H,7-8H2,1-6,13H3. The first-order chi connectivity index (χ1) is 6.29. The molecule has 1 atom stereocenters. The van der Waals surface area contributed by atoms with Crippen molar-refractivity contribution in [3.05, 3.63) is 10.8 Å². The Morgan fingerprint density at radius 3 is 2.07 bits per heavy atom. The summed E-state index contributed by atoms with van der Waals surface area (Å²) in [7, 11) is 0.194. The topological polar surface area (TPSA) is 12.0 Å². The van der Waals surface area contributed by atoms with Gasteiger partial charge in [0.2, 0.25) is 0 Å². The molecule has 0 saturated heterocycles. The molecule has 0 aliphatic rings. The van der Waals surface area contributed by atoms with Crippen LogP contribution in [0.2, 0.25) is 19.6 Å². The van der Waals surface area contributed by atoms with E-state index in [1.165, 1.54) is 16.7 Å². The number of hydrogen-bond acceptors (Lipinski definition) is 1. The molecule has 0 saturated carbocycles. The second-order valence-electron chi connectivity index (χ2n) is 5.49.